The molecule has 1 aliphatic heterocycles. The minimum atomic E-state index is -3.68. The van der Waals surface area contributed by atoms with E-state index >= 15 is 0 Å². The van der Waals surface area contributed by atoms with E-state index in [2.05, 4.69) is 20.8 Å². The molecule has 0 bridgehead atoms. The predicted molar refractivity (Wildman–Crippen MR) is 82.1 cm³/mol. The monoisotopic (exact) mass is 376 g/mol. The van der Waals surface area contributed by atoms with E-state index in [1.165, 1.54) is 16.4 Å². The van der Waals surface area contributed by atoms with Gasteiger partial charge in [-0.3, -0.25) is 0 Å². The van der Waals surface area contributed by atoms with E-state index < -0.39 is 16.0 Å². The van der Waals surface area contributed by atoms with Crippen molar-refractivity contribution in [1.29, 1.82) is 0 Å². The third-order valence-corrected chi connectivity index (χ3v) is 6.47. The fourth-order valence-electron chi connectivity index (χ4n) is 2.21. The average Bonchev–Trinajstić information content (AvgIpc) is 2.41. The molecule has 1 N–H and O–H groups in total. The summed E-state index contributed by atoms with van der Waals surface area (Å²) in [6.45, 7) is 3.81. The van der Waals surface area contributed by atoms with Crippen molar-refractivity contribution in [3.8, 4) is 0 Å². The molecule has 1 heterocycles. The summed E-state index contributed by atoms with van der Waals surface area (Å²) in [5.41, 5.74) is 0.485. The third kappa shape index (κ3) is 3.28. The van der Waals surface area contributed by atoms with Crippen LogP contribution in [0.4, 0.5) is 0 Å². The van der Waals surface area contributed by atoms with Crippen LogP contribution in [0.1, 0.15) is 15.9 Å². The number of rotatable bonds is 3. The molecular weight excluding hydrogens is 360 g/mol. The lowest BCUT2D eigenvalue weighted by Crippen LogP contribution is -2.47. The minimum Gasteiger partial charge on any atom is -0.478 e. The van der Waals surface area contributed by atoms with Crippen LogP contribution in [-0.4, -0.2) is 61.9 Å². The van der Waals surface area contributed by atoms with Gasteiger partial charge < -0.3 is 10.0 Å². The maximum absolute atomic E-state index is 12.7. The lowest BCUT2D eigenvalue weighted by Gasteiger charge is -2.32. The van der Waals surface area contributed by atoms with Crippen molar-refractivity contribution < 1.29 is 18.3 Å². The summed E-state index contributed by atoms with van der Waals surface area (Å²) in [6.07, 6.45) is 0. The van der Waals surface area contributed by atoms with E-state index in [0.717, 1.165) is 0 Å². The van der Waals surface area contributed by atoms with Crippen LogP contribution in [-0.2, 0) is 10.0 Å². The van der Waals surface area contributed by atoms with Gasteiger partial charge in [0.25, 0.3) is 0 Å². The summed E-state index contributed by atoms with van der Waals surface area (Å²) in [6, 6.07) is 2.65. The van der Waals surface area contributed by atoms with E-state index in [-0.39, 0.29) is 10.5 Å². The number of sulfonamides is 1. The van der Waals surface area contributed by atoms with Crippen molar-refractivity contribution in [1.82, 2.24) is 9.21 Å². The first kappa shape index (κ1) is 16.4. The Morgan fingerprint density at radius 3 is 2.33 bits per heavy atom. The van der Waals surface area contributed by atoms with Crippen LogP contribution >= 0.6 is 15.9 Å². The van der Waals surface area contributed by atoms with Gasteiger partial charge >= 0.3 is 5.97 Å². The first-order chi connectivity index (χ1) is 9.73. The van der Waals surface area contributed by atoms with Crippen molar-refractivity contribution in [3.63, 3.8) is 0 Å². The molecule has 1 aromatic carbocycles. The van der Waals surface area contributed by atoms with Gasteiger partial charge in [-0.05, 0) is 31.7 Å². The highest BCUT2D eigenvalue weighted by Crippen LogP contribution is 2.28. The third-order valence-electron chi connectivity index (χ3n) is 3.62. The maximum atomic E-state index is 12.7. The molecule has 8 heteroatoms. The number of piperazine rings is 1. The molecule has 0 radical (unpaired) electrons. The fraction of sp³-hybridized carbons (Fsp3) is 0.462. The number of likely N-dealkylation sites (N-methyl/N-ethyl adjacent to an activating group) is 1. The number of benzene rings is 1. The number of hydrogen-bond acceptors (Lipinski definition) is 4. The summed E-state index contributed by atoms with van der Waals surface area (Å²) in [7, 11) is -1.74. The van der Waals surface area contributed by atoms with Gasteiger partial charge in [0.05, 0.1) is 10.5 Å². The van der Waals surface area contributed by atoms with Gasteiger partial charge in [-0.15, -0.1) is 0 Å². The Labute approximate surface area is 132 Å². The molecule has 0 amide bonds. The van der Waals surface area contributed by atoms with Crippen molar-refractivity contribution in [2.45, 2.75) is 11.8 Å². The van der Waals surface area contributed by atoms with Crippen molar-refractivity contribution in [2.75, 3.05) is 33.2 Å². The van der Waals surface area contributed by atoms with E-state index in [9.17, 15) is 13.2 Å². The molecule has 1 fully saturated rings. The summed E-state index contributed by atoms with van der Waals surface area (Å²) >= 11 is 3.24. The highest BCUT2D eigenvalue weighted by molar-refractivity contribution is 9.10. The molecule has 0 unspecified atom stereocenters. The van der Waals surface area contributed by atoms with E-state index in [1.54, 1.807) is 6.92 Å². The Balaban J connectivity index is 2.47. The van der Waals surface area contributed by atoms with Crippen molar-refractivity contribution in [3.05, 3.63) is 27.7 Å². The standard InChI is InChI=1S/C13H17BrN2O4S/c1-9-11(14)7-10(13(17)18)8-12(9)21(19,20)16-5-3-15(2)4-6-16/h7-8H,3-6H2,1-2H3,(H,17,18). The van der Waals surface area contributed by atoms with Crippen LogP contribution in [0.3, 0.4) is 0 Å². The van der Waals surface area contributed by atoms with Gasteiger partial charge in [-0.25, -0.2) is 13.2 Å². The lowest BCUT2D eigenvalue weighted by molar-refractivity contribution is 0.0696. The number of nitrogens with zero attached hydrogens (tertiary/aromatic N) is 2. The van der Waals surface area contributed by atoms with Crippen molar-refractivity contribution >= 4 is 31.9 Å². The van der Waals surface area contributed by atoms with Gasteiger partial charge in [0, 0.05) is 30.7 Å². The molecule has 2 rings (SSSR count). The summed E-state index contributed by atoms with van der Waals surface area (Å²) in [5.74, 6) is -1.15. The smallest absolute Gasteiger partial charge is 0.335 e. The zero-order valence-corrected chi connectivity index (χ0v) is 14.2. The zero-order chi connectivity index (χ0) is 15.8. The van der Waals surface area contributed by atoms with Gasteiger partial charge in [0.15, 0.2) is 0 Å². The van der Waals surface area contributed by atoms with Gasteiger partial charge in [0.1, 0.15) is 0 Å². The van der Waals surface area contributed by atoms with E-state index in [1.807, 2.05) is 7.05 Å². The highest BCUT2D eigenvalue weighted by Gasteiger charge is 2.30. The van der Waals surface area contributed by atoms with Crippen molar-refractivity contribution in [2.24, 2.45) is 0 Å². The topological polar surface area (TPSA) is 77.9 Å². The number of carboxylic acid groups (broad SMARTS) is 1. The Morgan fingerprint density at radius 1 is 1.24 bits per heavy atom. The van der Waals surface area contributed by atoms with Crippen LogP contribution in [0.15, 0.2) is 21.5 Å². The second kappa shape index (κ2) is 6.04. The Kier molecular flexibility index (Phi) is 4.72. The second-order valence-electron chi connectivity index (χ2n) is 5.09. The summed E-state index contributed by atoms with van der Waals surface area (Å²) in [5, 5.41) is 9.10. The quantitative estimate of drug-likeness (QED) is 0.862. The van der Waals surface area contributed by atoms with Gasteiger partial charge in [0.2, 0.25) is 10.0 Å². The molecule has 0 saturated carbocycles. The first-order valence-electron chi connectivity index (χ1n) is 6.45. The predicted octanol–water partition coefficient (Wildman–Crippen LogP) is 1.39. The van der Waals surface area contributed by atoms with Crippen LogP contribution in [0.25, 0.3) is 0 Å². The Morgan fingerprint density at radius 2 is 1.81 bits per heavy atom. The molecule has 0 aliphatic carbocycles. The molecule has 1 aliphatic rings. The molecule has 0 aromatic heterocycles. The number of carboxylic acids is 1. The van der Waals surface area contributed by atoms with Crippen LogP contribution in [0.5, 0.6) is 0 Å². The highest BCUT2D eigenvalue weighted by atomic mass is 79.9. The normalized spacial score (nSPS) is 17.9. The molecular formula is C13H17BrN2O4S. The van der Waals surface area contributed by atoms with Crippen LogP contribution < -0.4 is 0 Å². The van der Waals surface area contributed by atoms with Gasteiger partial charge in [-0.2, -0.15) is 4.31 Å². The van der Waals surface area contributed by atoms with E-state index in [4.69, 9.17) is 5.11 Å². The second-order valence-corrected chi connectivity index (χ2v) is 7.85. The summed E-state index contributed by atoms with van der Waals surface area (Å²) < 4.78 is 27.4. The number of hydrogen-bond donors (Lipinski definition) is 1. The molecule has 116 valence electrons. The SMILES string of the molecule is Cc1c(Br)cc(C(=O)O)cc1S(=O)(=O)N1CCN(C)CC1. The first-order valence-corrected chi connectivity index (χ1v) is 8.69. The molecule has 0 spiro atoms. The minimum absolute atomic E-state index is 0.0415. The largest absolute Gasteiger partial charge is 0.478 e. The molecule has 1 aromatic rings. The van der Waals surface area contributed by atoms with E-state index in [0.29, 0.717) is 36.2 Å². The molecule has 21 heavy (non-hydrogen) atoms. The fourth-order valence-corrected chi connectivity index (χ4v) is 4.50. The number of halogens is 1. The van der Waals surface area contributed by atoms with Crippen LogP contribution in [0, 0.1) is 6.92 Å². The summed E-state index contributed by atoms with van der Waals surface area (Å²) in [4.78, 5) is 13.2. The molecule has 0 atom stereocenters. The molecule has 6 nitrogen and oxygen atoms in total. The van der Waals surface area contributed by atoms with Crippen LogP contribution in [0.2, 0.25) is 0 Å². The molecule has 1 saturated heterocycles. The Bertz CT molecular complexity index is 667. The maximum Gasteiger partial charge on any atom is 0.335 e. The zero-order valence-electron chi connectivity index (χ0n) is 11.8. The van der Waals surface area contributed by atoms with Gasteiger partial charge in [-0.1, -0.05) is 15.9 Å². The Hall–Kier alpha value is -0.960. The number of carbonyl (C=O) groups is 1. The number of aromatic carboxylic acids is 1. The lowest BCUT2D eigenvalue weighted by atomic mass is 10.1. The average molecular weight is 377 g/mol.